The van der Waals surface area contributed by atoms with Crippen LogP contribution in [-0.2, 0) is 0 Å². The van der Waals surface area contributed by atoms with Gasteiger partial charge < -0.3 is 20.4 Å². The summed E-state index contributed by atoms with van der Waals surface area (Å²) >= 11 is 0. The number of halogens is 1. The first-order chi connectivity index (χ1) is 12.5. The number of nitrogens with one attached hydrogen (secondary N) is 1. The van der Waals surface area contributed by atoms with Gasteiger partial charge in [0.1, 0.15) is 17.0 Å². The molecular weight excluding hydrogens is 339 g/mol. The maximum Gasteiger partial charge on any atom is 0.275 e. The van der Waals surface area contributed by atoms with Gasteiger partial charge in [0.2, 0.25) is 0 Å². The summed E-state index contributed by atoms with van der Waals surface area (Å²) in [7, 11) is 0. The van der Waals surface area contributed by atoms with Crippen molar-refractivity contribution in [2.75, 3.05) is 23.3 Å². The van der Waals surface area contributed by atoms with Crippen LogP contribution in [0.25, 0.3) is 11.1 Å². The summed E-state index contributed by atoms with van der Waals surface area (Å²) in [5, 5.41) is 2.59. The molecule has 1 unspecified atom stereocenters. The largest absolute Gasteiger partial charge is 0.441 e. The topological polar surface area (TPSA) is 110 Å². The average Bonchev–Trinajstić information content (AvgIpc) is 3.20. The summed E-state index contributed by atoms with van der Waals surface area (Å²) in [6.45, 7) is 3.16. The number of rotatable bonds is 3. The molecule has 9 heteroatoms. The molecule has 3 heterocycles. The molecule has 0 radical (unpaired) electrons. The second-order valence-electron chi connectivity index (χ2n) is 6.25. The summed E-state index contributed by atoms with van der Waals surface area (Å²) in [6, 6.07) is 2.84. The third-order valence-corrected chi connectivity index (χ3v) is 4.23. The van der Waals surface area contributed by atoms with Gasteiger partial charge in [-0.05, 0) is 12.5 Å². The lowest BCUT2D eigenvalue weighted by atomic mass is 10.2. The predicted molar refractivity (Wildman–Crippen MR) is 93.5 cm³/mol. The third-order valence-electron chi connectivity index (χ3n) is 4.23. The molecule has 8 nitrogen and oxygen atoms in total. The quantitative estimate of drug-likeness (QED) is 0.737. The molecular formula is C17H17FN6O2. The number of amides is 1. The van der Waals surface area contributed by atoms with Gasteiger partial charge in [-0.1, -0.05) is 0 Å². The Kier molecular flexibility index (Phi) is 4.00. The van der Waals surface area contributed by atoms with E-state index in [2.05, 4.69) is 20.3 Å². The molecule has 1 fully saturated rings. The number of hydrogen-bond donors (Lipinski definition) is 2. The lowest BCUT2D eigenvalue weighted by molar-refractivity contribution is 0.102. The maximum atomic E-state index is 14.1. The normalized spacial score (nSPS) is 17.0. The maximum absolute atomic E-state index is 14.1. The van der Waals surface area contributed by atoms with Gasteiger partial charge in [-0.2, -0.15) is 0 Å². The highest BCUT2D eigenvalue weighted by Gasteiger charge is 2.21. The predicted octanol–water partition coefficient (Wildman–Crippen LogP) is 1.86. The number of carbonyl (C=O) groups excluding carboxylic acids is 1. The number of nitrogens with two attached hydrogens (primary N) is 1. The van der Waals surface area contributed by atoms with E-state index in [0.29, 0.717) is 11.7 Å². The Balaban J connectivity index is 1.51. The summed E-state index contributed by atoms with van der Waals surface area (Å²) in [5.41, 5.74) is 6.67. The van der Waals surface area contributed by atoms with Crippen LogP contribution in [-0.4, -0.2) is 40.0 Å². The van der Waals surface area contributed by atoms with Gasteiger partial charge in [-0.15, -0.1) is 0 Å². The summed E-state index contributed by atoms with van der Waals surface area (Å²) in [4.78, 5) is 26.7. The van der Waals surface area contributed by atoms with Crippen LogP contribution in [0.1, 0.15) is 22.8 Å². The van der Waals surface area contributed by atoms with E-state index < -0.39 is 11.7 Å². The van der Waals surface area contributed by atoms with Crippen molar-refractivity contribution in [1.29, 1.82) is 0 Å². The Morgan fingerprint density at radius 1 is 1.38 bits per heavy atom. The van der Waals surface area contributed by atoms with Crippen molar-refractivity contribution in [3.8, 4) is 0 Å². The average molecular weight is 356 g/mol. The molecule has 2 aromatic heterocycles. The van der Waals surface area contributed by atoms with Crippen molar-refractivity contribution in [1.82, 2.24) is 15.0 Å². The Hall–Kier alpha value is -3.07. The number of aromatic nitrogens is 3. The van der Waals surface area contributed by atoms with E-state index in [9.17, 15) is 9.18 Å². The number of hydrogen-bond acceptors (Lipinski definition) is 7. The first-order valence-electron chi connectivity index (χ1n) is 8.20. The minimum atomic E-state index is -0.568. The zero-order chi connectivity index (χ0) is 18.3. The molecule has 3 N–H and O–H groups in total. The Labute approximate surface area is 148 Å². The second kappa shape index (κ2) is 6.34. The van der Waals surface area contributed by atoms with Gasteiger partial charge in [0, 0.05) is 37.8 Å². The van der Waals surface area contributed by atoms with Crippen molar-refractivity contribution in [3.05, 3.63) is 41.9 Å². The molecule has 1 aliphatic heterocycles. The molecule has 134 valence electrons. The number of anilines is 2. The van der Waals surface area contributed by atoms with Gasteiger partial charge in [0.25, 0.3) is 5.91 Å². The highest BCUT2D eigenvalue weighted by molar-refractivity contribution is 6.03. The number of oxazole rings is 1. The third kappa shape index (κ3) is 3.08. The Morgan fingerprint density at radius 3 is 2.92 bits per heavy atom. The van der Waals surface area contributed by atoms with Crippen molar-refractivity contribution >= 4 is 28.5 Å². The minimum Gasteiger partial charge on any atom is -0.441 e. The van der Waals surface area contributed by atoms with Gasteiger partial charge in [-0.25, -0.2) is 19.3 Å². The van der Waals surface area contributed by atoms with Crippen molar-refractivity contribution < 1.29 is 13.6 Å². The fourth-order valence-electron chi connectivity index (χ4n) is 2.96. The first-order valence-corrected chi connectivity index (χ1v) is 8.20. The number of nitrogens with zero attached hydrogens (tertiary/aromatic N) is 4. The lowest BCUT2D eigenvalue weighted by Crippen LogP contribution is -2.27. The Morgan fingerprint density at radius 2 is 2.23 bits per heavy atom. The molecule has 0 aliphatic carbocycles. The molecule has 0 spiro atoms. The summed E-state index contributed by atoms with van der Waals surface area (Å²) in [5.74, 6) is -0.0248. The zero-order valence-electron chi connectivity index (χ0n) is 14.1. The smallest absolute Gasteiger partial charge is 0.275 e. The van der Waals surface area contributed by atoms with E-state index in [1.807, 2.05) is 4.90 Å². The first kappa shape index (κ1) is 16.4. The molecule has 1 aromatic carbocycles. The van der Waals surface area contributed by atoms with Crippen LogP contribution in [0, 0.1) is 12.7 Å². The number of aryl methyl sites for hydroxylation is 1. The lowest BCUT2D eigenvalue weighted by Gasteiger charge is -2.16. The standard InChI is InChI=1S/C17H17FN6O2/c1-9-22-16-12(18)4-11(5-14(16)26-9)23-17(25)13-6-21-15(7-20-13)24-3-2-10(19)8-24/h4-7,10H,2-3,8,19H2,1H3,(H,23,25). The molecule has 0 bridgehead atoms. The fraction of sp³-hybridized carbons (Fsp3) is 0.294. The van der Waals surface area contributed by atoms with Gasteiger partial charge in [0.05, 0.1) is 12.4 Å². The fourth-order valence-corrected chi connectivity index (χ4v) is 2.96. The summed E-state index contributed by atoms with van der Waals surface area (Å²) < 4.78 is 19.4. The SMILES string of the molecule is Cc1nc2c(F)cc(NC(=O)c3cnc(N4CCC(N)C4)cn3)cc2o1. The number of fused-ring (bicyclic) bond motifs is 1. The Bertz CT molecular complexity index is 971. The van der Waals surface area contributed by atoms with Crippen LogP contribution in [0.5, 0.6) is 0 Å². The van der Waals surface area contributed by atoms with E-state index in [1.54, 1.807) is 6.92 Å². The van der Waals surface area contributed by atoms with Crippen LogP contribution in [0.3, 0.4) is 0 Å². The molecule has 3 aromatic rings. The van der Waals surface area contributed by atoms with Crippen molar-refractivity contribution in [3.63, 3.8) is 0 Å². The van der Waals surface area contributed by atoms with E-state index in [4.69, 9.17) is 10.2 Å². The molecule has 1 atom stereocenters. The van der Waals surface area contributed by atoms with Crippen LogP contribution in [0.2, 0.25) is 0 Å². The van der Waals surface area contributed by atoms with Crippen LogP contribution in [0.15, 0.2) is 28.9 Å². The molecule has 4 rings (SSSR count). The van der Waals surface area contributed by atoms with E-state index in [-0.39, 0.29) is 28.5 Å². The van der Waals surface area contributed by atoms with Gasteiger partial charge in [0.15, 0.2) is 17.3 Å². The molecule has 1 saturated heterocycles. The van der Waals surface area contributed by atoms with Crippen LogP contribution < -0.4 is 16.0 Å². The van der Waals surface area contributed by atoms with Gasteiger partial charge in [-0.3, -0.25) is 4.79 Å². The molecule has 1 aliphatic rings. The zero-order valence-corrected chi connectivity index (χ0v) is 14.1. The van der Waals surface area contributed by atoms with Crippen molar-refractivity contribution in [2.24, 2.45) is 5.73 Å². The van der Waals surface area contributed by atoms with Gasteiger partial charge >= 0.3 is 0 Å². The number of benzene rings is 1. The highest BCUT2D eigenvalue weighted by atomic mass is 19.1. The molecule has 0 saturated carbocycles. The van der Waals surface area contributed by atoms with Crippen LogP contribution in [0.4, 0.5) is 15.9 Å². The van der Waals surface area contributed by atoms with E-state index >= 15 is 0 Å². The van der Waals surface area contributed by atoms with E-state index in [1.165, 1.54) is 24.5 Å². The minimum absolute atomic E-state index is 0.129. The number of carbonyl (C=O) groups is 1. The van der Waals surface area contributed by atoms with Crippen molar-refractivity contribution in [2.45, 2.75) is 19.4 Å². The van der Waals surface area contributed by atoms with E-state index in [0.717, 1.165) is 19.5 Å². The molecule has 26 heavy (non-hydrogen) atoms. The second-order valence-corrected chi connectivity index (χ2v) is 6.25. The highest BCUT2D eigenvalue weighted by Crippen LogP contribution is 2.24. The molecule has 1 amide bonds. The monoisotopic (exact) mass is 356 g/mol. The van der Waals surface area contributed by atoms with Crippen LogP contribution >= 0.6 is 0 Å². The summed E-state index contributed by atoms with van der Waals surface area (Å²) in [6.07, 6.45) is 3.83.